The first-order chi connectivity index (χ1) is 7.19. The lowest BCUT2D eigenvalue weighted by molar-refractivity contribution is 0.0941. The quantitative estimate of drug-likeness (QED) is 0.817. The standard InChI is InChI=1S/C8H14N4O.C2H6/c1-4-6-10-7(12(3)11-6)8(13)9-5-2;1-2/h4-5H2,1-3H3,(H,9,13);1-2H3. The van der Waals surface area contributed by atoms with Gasteiger partial charge in [0, 0.05) is 20.0 Å². The molecule has 1 heterocycles. The first kappa shape index (κ1) is 13.6. The van der Waals surface area contributed by atoms with Crippen molar-refractivity contribution in [3.63, 3.8) is 0 Å². The van der Waals surface area contributed by atoms with Crippen molar-refractivity contribution in [3.8, 4) is 0 Å². The average Bonchev–Trinajstić information content (AvgIpc) is 2.63. The number of aryl methyl sites for hydroxylation is 2. The van der Waals surface area contributed by atoms with E-state index in [2.05, 4.69) is 15.4 Å². The Labute approximate surface area is 90.9 Å². The molecule has 0 atom stereocenters. The summed E-state index contributed by atoms with van der Waals surface area (Å²) < 4.78 is 1.50. The largest absolute Gasteiger partial charge is 0.350 e. The van der Waals surface area contributed by atoms with Crippen LogP contribution in [-0.2, 0) is 13.5 Å². The maximum Gasteiger partial charge on any atom is 0.288 e. The Bertz CT molecular complexity index is 306. The molecule has 0 aromatic carbocycles. The molecule has 0 aliphatic carbocycles. The Balaban J connectivity index is 0.000000921. The number of amides is 1. The first-order valence-corrected chi connectivity index (χ1v) is 5.37. The van der Waals surface area contributed by atoms with Gasteiger partial charge in [0.2, 0.25) is 5.82 Å². The monoisotopic (exact) mass is 212 g/mol. The molecule has 86 valence electrons. The van der Waals surface area contributed by atoms with Gasteiger partial charge < -0.3 is 5.32 Å². The number of rotatable bonds is 3. The van der Waals surface area contributed by atoms with E-state index in [0.29, 0.717) is 18.2 Å². The molecule has 0 saturated carbocycles. The van der Waals surface area contributed by atoms with Crippen LogP contribution < -0.4 is 5.32 Å². The van der Waals surface area contributed by atoms with E-state index in [1.165, 1.54) is 4.68 Å². The summed E-state index contributed by atoms with van der Waals surface area (Å²) in [4.78, 5) is 15.4. The van der Waals surface area contributed by atoms with Crippen molar-refractivity contribution in [2.75, 3.05) is 6.54 Å². The summed E-state index contributed by atoms with van der Waals surface area (Å²) in [6, 6.07) is 0. The predicted octanol–water partition coefficient (Wildman–Crippen LogP) is 1.15. The lowest BCUT2D eigenvalue weighted by Gasteiger charge is -1.98. The second-order valence-electron chi connectivity index (χ2n) is 2.69. The molecule has 0 saturated heterocycles. The van der Waals surface area contributed by atoms with Crippen LogP contribution in [0.25, 0.3) is 0 Å². The van der Waals surface area contributed by atoms with Crippen LogP contribution in [0, 0.1) is 0 Å². The van der Waals surface area contributed by atoms with Crippen molar-refractivity contribution in [1.29, 1.82) is 0 Å². The van der Waals surface area contributed by atoms with Gasteiger partial charge in [0.05, 0.1) is 0 Å². The predicted molar refractivity (Wildman–Crippen MR) is 59.7 cm³/mol. The van der Waals surface area contributed by atoms with E-state index in [0.717, 1.165) is 6.42 Å². The summed E-state index contributed by atoms with van der Waals surface area (Å²) in [6.45, 7) is 8.43. The Hall–Kier alpha value is -1.39. The van der Waals surface area contributed by atoms with Gasteiger partial charge in [-0.15, -0.1) is 0 Å². The maximum absolute atomic E-state index is 11.4. The fourth-order valence-electron chi connectivity index (χ4n) is 1.02. The fraction of sp³-hybridized carbons (Fsp3) is 0.700. The van der Waals surface area contributed by atoms with Gasteiger partial charge in [-0.3, -0.25) is 4.79 Å². The van der Waals surface area contributed by atoms with Crippen molar-refractivity contribution >= 4 is 5.91 Å². The van der Waals surface area contributed by atoms with E-state index in [1.807, 2.05) is 27.7 Å². The Morgan fingerprint density at radius 1 is 1.40 bits per heavy atom. The minimum absolute atomic E-state index is 0.169. The molecule has 1 rings (SSSR count). The van der Waals surface area contributed by atoms with Crippen LogP contribution in [0.2, 0.25) is 0 Å². The second kappa shape index (κ2) is 6.98. The van der Waals surface area contributed by atoms with Crippen molar-refractivity contribution in [2.45, 2.75) is 34.1 Å². The Morgan fingerprint density at radius 3 is 2.40 bits per heavy atom. The third-order valence-electron chi connectivity index (χ3n) is 1.66. The third kappa shape index (κ3) is 3.69. The molecule has 1 aromatic rings. The molecule has 0 aliphatic rings. The first-order valence-electron chi connectivity index (χ1n) is 5.37. The molecule has 1 amide bonds. The second-order valence-corrected chi connectivity index (χ2v) is 2.69. The van der Waals surface area contributed by atoms with Crippen LogP contribution in [0.1, 0.15) is 44.1 Å². The van der Waals surface area contributed by atoms with Gasteiger partial charge in [0.25, 0.3) is 5.91 Å². The van der Waals surface area contributed by atoms with E-state index in [1.54, 1.807) is 7.05 Å². The minimum Gasteiger partial charge on any atom is -0.350 e. The van der Waals surface area contributed by atoms with Gasteiger partial charge in [-0.05, 0) is 6.92 Å². The summed E-state index contributed by atoms with van der Waals surface area (Å²) >= 11 is 0. The average molecular weight is 212 g/mol. The van der Waals surface area contributed by atoms with Gasteiger partial charge in [0.15, 0.2) is 5.82 Å². The summed E-state index contributed by atoms with van der Waals surface area (Å²) in [5, 5.41) is 6.75. The van der Waals surface area contributed by atoms with Crippen LogP contribution in [-0.4, -0.2) is 27.2 Å². The van der Waals surface area contributed by atoms with Crippen LogP contribution in [0.3, 0.4) is 0 Å². The normalized spacial score (nSPS) is 9.13. The minimum atomic E-state index is -0.169. The lowest BCUT2D eigenvalue weighted by Crippen LogP contribution is -2.25. The molecule has 0 aliphatic heterocycles. The third-order valence-corrected chi connectivity index (χ3v) is 1.66. The Morgan fingerprint density at radius 2 is 2.00 bits per heavy atom. The molecule has 0 unspecified atom stereocenters. The molecule has 0 radical (unpaired) electrons. The van der Waals surface area contributed by atoms with E-state index in [9.17, 15) is 4.79 Å². The van der Waals surface area contributed by atoms with Gasteiger partial charge in [-0.1, -0.05) is 20.8 Å². The Kier molecular flexibility index (Phi) is 6.33. The van der Waals surface area contributed by atoms with Gasteiger partial charge >= 0.3 is 0 Å². The molecule has 0 fully saturated rings. The number of hydrogen-bond acceptors (Lipinski definition) is 3. The van der Waals surface area contributed by atoms with Crippen molar-refractivity contribution in [2.24, 2.45) is 7.05 Å². The maximum atomic E-state index is 11.4. The van der Waals surface area contributed by atoms with Crippen molar-refractivity contribution in [3.05, 3.63) is 11.6 Å². The zero-order valence-corrected chi connectivity index (χ0v) is 10.2. The smallest absolute Gasteiger partial charge is 0.288 e. The summed E-state index contributed by atoms with van der Waals surface area (Å²) in [5.41, 5.74) is 0. The highest BCUT2D eigenvalue weighted by atomic mass is 16.2. The number of carbonyl (C=O) groups is 1. The molecule has 1 N–H and O–H groups in total. The van der Waals surface area contributed by atoms with Crippen LogP contribution in [0.5, 0.6) is 0 Å². The molecule has 5 nitrogen and oxygen atoms in total. The zero-order valence-electron chi connectivity index (χ0n) is 10.2. The highest BCUT2D eigenvalue weighted by Gasteiger charge is 2.12. The molecule has 1 aromatic heterocycles. The van der Waals surface area contributed by atoms with Crippen molar-refractivity contribution < 1.29 is 4.79 Å². The van der Waals surface area contributed by atoms with E-state index in [4.69, 9.17) is 0 Å². The summed E-state index contributed by atoms with van der Waals surface area (Å²) in [6.07, 6.45) is 0.743. The van der Waals surface area contributed by atoms with Crippen LogP contribution in [0.15, 0.2) is 0 Å². The number of hydrogen-bond donors (Lipinski definition) is 1. The fourth-order valence-corrected chi connectivity index (χ4v) is 1.02. The molecule has 5 heteroatoms. The zero-order chi connectivity index (χ0) is 11.8. The topological polar surface area (TPSA) is 59.8 Å². The van der Waals surface area contributed by atoms with Crippen LogP contribution in [0.4, 0.5) is 0 Å². The van der Waals surface area contributed by atoms with Gasteiger partial charge in [-0.2, -0.15) is 5.10 Å². The molecular formula is C10H20N4O. The molecular weight excluding hydrogens is 192 g/mol. The highest BCUT2D eigenvalue weighted by molar-refractivity contribution is 5.90. The molecule has 0 spiro atoms. The molecule has 0 bridgehead atoms. The number of carbonyl (C=O) groups excluding carboxylic acids is 1. The van der Waals surface area contributed by atoms with E-state index < -0.39 is 0 Å². The van der Waals surface area contributed by atoms with Crippen molar-refractivity contribution in [1.82, 2.24) is 20.1 Å². The van der Waals surface area contributed by atoms with Crippen LogP contribution >= 0.6 is 0 Å². The number of nitrogens with zero attached hydrogens (tertiary/aromatic N) is 3. The van der Waals surface area contributed by atoms with E-state index in [-0.39, 0.29) is 5.91 Å². The summed E-state index contributed by atoms with van der Waals surface area (Å²) in [7, 11) is 1.72. The molecule has 15 heavy (non-hydrogen) atoms. The summed E-state index contributed by atoms with van der Waals surface area (Å²) in [5.74, 6) is 0.902. The highest BCUT2D eigenvalue weighted by Crippen LogP contribution is 1.96. The van der Waals surface area contributed by atoms with Gasteiger partial charge in [0.1, 0.15) is 0 Å². The lowest BCUT2D eigenvalue weighted by atomic mass is 10.4. The SMILES string of the molecule is CC.CCNC(=O)c1nc(CC)nn1C. The van der Waals surface area contributed by atoms with E-state index >= 15 is 0 Å². The number of nitrogens with one attached hydrogen (secondary N) is 1. The van der Waals surface area contributed by atoms with Gasteiger partial charge in [-0.25, -0.2) is 9.67 Å². The number of aromatic nitrogens is 3.